The van der Waals surface area contributed by atoms with Crippen LogP contribution in [0.1, 0.15) is 38.8 Å². The Hall–Kier alpha value is -2.70. The van der Waals surface area contributed by atoms with Gasteiger partial charge in [0, 0.05) is 5.92 Å². The molecule has 0 spiro atoms. The van der Waals surface area contributed by atoms with Crippen LogP contribution in [0.3, 0.4) is 0 Å². The fourth-order valence-electron chi connectivity index (χ4n) is 3.18. The third kappa shape index (κ3) is 3.70. The quantitative estimate of drug-likeness (QED) is 0.867. The van der Waals surface area contributed by atoms with Gasteiger partial charge in [-0.25, -0.2) is 4.68 Å². The highest BCUT2D eigenvalue weighted by atomic mass is 16.4. The number of aromatic nitrogens is 3. The zero-order valence-corrected chi connectivity index (χ0v) is 14.3. The van der Waals surface area contributed by atoms with Crippen LogP contribution in [0.5, 0.6) is 0 Å². The van der Waals surface area contributed by atoms with Crippen molar-refractivity contribution < 1.29 is 14.7 Å². The molecule has 3 rings (SSSR count). The number of nitrogens with zero attached hydrogens (tertiary/aromatic N) is 3. The number of carbonyl (C=O) groups is 2. The average molecular weight is 342 g/mol. The number of hydrogen-bond donors (Lipinski definition) is 2. The first kappa shape index (κ1) is 17.1. The molecule has 25 heavy (non-hydrogen) atoms. The molecule has 0 saturated heterocycles. The summed E-state index contributed by atoms with van der Waals surface area (Å²) in [6.07, 6.45) is 3.35. The minimum Gasteiger partial charge on any atom is -0.481 e. The van der Waals surface area contributed by atoms with Crippen molar-refractivity contribution in [3.63, 3.8) is 0 Å². The summed E-state index contributed by atoms with van der Waals surface area (Å²) < 4.78 is 1.67. The standard InChI is InChI=1S/C18H22N4O3/c1-18(2,19-16(23)12-8-9-13(10-12)17(24)25)15-11-22(21-20-15)14-6-4-3-5-7-14/h3-7,11-13H,8-10H2,1-2H3,(H,19,23)(H,24,25)/t12-,13+/m1/s1. The molecular formula is C18H22N4O3. The van der Waals surface area contributed by atoms with Crippen LogP contribution >= 0.6 is 0 Å². The Balaban J connectivity index is 1.69. The van der Waals surface area contributed by atoms with E-state index < -0.39 is 17.4 Å². The molecule has 1 amide bonds. The molecule has 2 aromatic rings. The molecule has 0 aliphatic heterocycles. The molecule has 7 nitrogen and oxygen atoms in total. The molecule has 1 fully saturated rings. The zero-order chi connectivity index (χ0) is 18.0. The maximum atomic E-state index is 12.5. The van der Waals surface area contributed by atoms with Crippen LogP contribution in [0.2, 0.25) is 0 Å². The van der Waals surface area contributed by atoms with Crippen molar-refractivity contribution in [2.75, 3.05) is 0 Å². The summed E-state index contributed by atoms with van der Waals surface area (Å²) in [5.41, 5.74) is 0.853. The van der Waals surface area contributed by atoms with Crippen molar-refractivity contribution >= 4 is 11.9 Å². The molecule has 1 aromatic heterocycles. The van der Waals surface area contributed by atoms with E-state index in [-0.39, 0.29) is 11.8 Å². The van der Waals surface area contributed by atoms with Gasteiger partial charge in [0.05, 0.1) is 23.3 Å². The van der Waals surface area contributed by atoms with E-state index in [1.54, 1.807) is 10.9 Å². The first-order valence-electron chi connectivity index (χ1n) is 8.40. The van der Waals surface area contributed by atoms with E-state index in [2.05, 4.69) is 15.6 Å². The molecule has 7 heteroatoms. The highest BCUT2D eigenvalue weighted by molar-refractivity contribution is 5.81. The van der Waals surface area contributed by atoms with E-state index in [4.69, 9.17) is 5.11 Å². The van der Waals surface area contributed by atoms with Crippen LogP contribution in [-0.4, -0.2) is 32.0 Å². The fraction of sp³-hybridized carbons (Fsp3) is 0.444. The Morgan fingerprint density at radius 2 is 1.88 bits per heavy atom. The fourth-order valence-corrected chi connectivity index (χ4v) is 3.18. The molecule has 0 bridgehead atoms. The summed E-state index contributed by atoms with van der Waals surface area (Å²) in [6.45, 7) is 3.74. The number of nitrogens with one attached hydrogen (secondary N) is 1. The minimum absolute atomic E-state index is 0.122. The number of carbonyl (C=O) groups excluding carboxylic acids is 1. The number of hydrogen-bond acceptors (Lipinski definition) is 4. The van der Waals surface area contributed by atoms with Crippen molar-refractivity contribution in [1.29, 1.82) is 0 Å². The molecule has 1 heterocycles. The highest BCUT2D eigenvalue weighted by Gasteiger charge is 2.36. The number of para-hydroxylation sites is 1. The smallest absolute Gasteiger partial charge is 0.306 e. The van der Waals surface area contributed by atoms with Gasteiger partial charge in [-0.1, -0.05) is 23.4 Å². The maximum absolute atomic E-state index is 12.5. The number of aliphatic carboxylic acids is 1. The van der Waals surface area contributed by atoms with Crippen molar-refractivity contribution in [2.24, 2.45) is 11.8 Å². The monoisotopic (exact) mass is 342 g/mol. The third-order valence-electron chi connectivity index (χ3n) is 4.74. The van der Waals surface area contributed by atoms with Gasteiger partial charge in [0.1, 0.15) is 5.69 Å². The predicted octanol–water partition coefficient (Wildman–Crippen LogP) is 2.12. The third-order valence-corrected chi connectivity index (χ3v) is 4.74. The second kappa shape index (κ2) is 6.66. The van der Waals surface area contributed by atoms with Crippen LogP contribution in [0.25, 0.3) is 5.69 Å². The predicted molar refractivity (Wildman–Crippen MR) is 91.0 cm³/mol. The lowest BCUT2D eigenvalue weighted by molar-refractivity contribution is -0.141. The van der Waals surface area contributed by atoms with Crippen molar-refractivity contribution in [1.82, 2.24) is 20.3 Å². The topological polar surface area (TPSA) is 97.1 Å². The van der Waals surface area contributed by atoms with E-state index in [0.717, 1.165) is 5.69 Å². The molecule has 1 aliphatic carbocycles. The van der Waals surface area contributed by atoms with Gasteiger partial charge in [-0.2, -0.15) is 0 Å². The SMILES string of the molecule is CC(C)(NC(=O)[C@@H]1CC[C@H](C(=O)O)C1)c1cn(-c2ccccc2)nn1. The zero-order valence-electron chi connectivity index (χ0n) is 14.3. The van der Waals surface area contributed by atoms with Crippen LogP contribution in [-0.2, 0) is 15.1 Å². The largest absolute Gasteiger partial charge is 0.481 e. The summed E-state index contributed by atoms with van der Waals surface area (Å²) in [7, 11) is 0. The van der Waals surface area contributed by atoms with Gasteiger partial charge in [0.25, 0.3) is 0 Å². The molecule has 1 aromatic carbocycles. The summed E-state index contributed by atoms with van der Waals surface area (Å²) in [5, 5.41) is 20.4. The van der Waals surface area contributed by atoms with Crippen LogP contribution in [0.15, 0.2) is 36.5 Å². The molecular weight excluding hydrogens is 320 g/mol. The molecule has 2 atom stereocenters. The first-order chi connectivity index (χ1) is 11.9. The Bertz CT molecular complexity index is 770. The van der Waals surface area contributed by atoms with Crippen molar-refractivity contribution in [3.8, 4) is 5.69 Å². The van der Waals surface area contributed by atoms with Gasteiger partial charge >= 0.3 is 5.97 Å². The van der Waals surface area contributed by atoms with Gasteiger partial charge in [-0.15, -0.1) is 5.10 Å². The number of benzene rings is 1. The van der Waals surface area contributed by atoms with Gasteiger partial charge in [0.15, 0.2) is 0 Å². The highest BCUT2D eigenvalue weighted by Crippen LogP contribution is 2.32. The van der Waals surface area contributed by atoms with Crippen molar-refractivity contribution in [3.05, 3.63) is 42.2 Å². The van der Waals surface area contributed by atoms with Crippen LogP contribution < -0.4 is 5.32 Å². The minimum atomic E-state index is -0.819. The van der Waals surface area contributed by atoms with E-state index in [1.165, 1.54) is 0 Å². The Kier molecular flexibility index (Phi) is 4.57. The number of rotatable bonds is 5. The second-order valence-corrected chi connectivity index (χ2v) is 7.04. The Morgan fingerprint density at radius 3 is 2.52 bits per heavy atom. The average Bonchev–Trinajstić information content (AvgIpc) is 3.25. The lowest BCUT2D eigenvalue weighted by Gasteiger charge is -2.25. The van der Waals surface area contributed by atoms with E-state index >= 15 is 0 Å². The molecule has 0 unspecified atom stereocenters. The van der Waals surface area contributed by atoms with E-state index in [9.17, 15) is 9.59 Å². The number of amides is 1. The van der Waals surface area contributed by atoms with Gasteiger partial charge in [-0.05, 0) is 45.2 Å². The lowest BCUT2D eigenvalue weighted by Crippen LogP contribution is -2.44. The van der Waals surface area contributed by atoms with Gasteiger partial charge < -0.3 is 10.4 Å². The normalized spacial score (nSPS) is 20.4. The maximum Gasteiger partial charge on any atom is 0.306 e. The number of carboxylic acids is 1. The second-order valence-electron chi connectivity index (χ2n) is 7.04. The molecule has 1 saturated carbocycles. The molecule has 2 N–H and O–H groups in total. The van der Waals surface area contributed by atoms with Crippen LogP contribution in [0, 0.1) is 11.8 Å². The van der Waals surface area contributed by atoms with Gasteiger partial charge in [0.2, 0.25) is 5.91 Å². The molecule has 1 aliphatic rings. The lowest BCUT2D eigenvalue weighted by atomic mass is 9.98. The summed E-state index contributed by atoms with van der Waals surface area (Å²) in [5.74, 6) is -1.62. The molecule has 0 radical (unpaired) electrons. The van der Waals surface area contributed by atoms with E-state index in [0.29, 0.717) is 25.0 Å². The summed E-state index contributed by atoms with van der Waals surface area (Å²) >= 11 is 0. The Labute approximate surface area is 146 Å². The Morgan fingerprint density at radius 1 is 1.20 bits per heavy atom. The summed E-state index contributed by atoms with van der Waals surface area (Å²) in [6, 6.07) is 9.62. The van der Waals surface area contributed by atoms with Gasteiger partial charge in [-0.3, -0.25) is 9.59 Å². The summed E-state index contributed by atoms with van der Waals surface area (Å²) in [4.78, 5) is 23.6. The van der Waals surface area contributed by atoms with Crippen LogP contribution in [0.4, 0.5) is 0 Å². The molecule has 132 valence electrons. The first-order valence-corrected chi connectivity index (χ1v) is 8.40. The van der Waals surface area contributed by atoms with Crippen molar-refractivity contribution in [2.45, 2.75) is 38.6 Å². The van der Waals surface area contributed by atoms with E-state index in [1.807, 2.05) is 44.2 Å². The number of carboxylic acid groups (broad SMARTS) is 1.